The molecule has 2 N–H and O–H groups in total. The van der Waals surface area contributed by atoms with Crippen LogP contribution in [0.25, 0.3) is 0 Å². The van der Waals surface area contributed by atoms with Gasteiger partial charge in [-0.25, -0.2) is 4.98 Å². The summed E-state index contributed by atoms with van der Waals surface area (Å²) in [5, 5.41) is 6.67. The van der Waals surface area contributed by atoms with Crippen molar-refractivity contribution in [1.82, 2.24) is 4.98 Å². The fourth-order valence-corrected chi connectivity index (χ4v) is 3.14. The van der Waals surface area contributed by atoms with Gasteiger partial charge in [0.15, 0.2) is 0 Å². The minimum Gasteiger partial charge on any atom is -0.375 e. The molecule has 0 radical (unpaired) electrons. The van der Waals surface area contributed by atoms with Gasteiger partial charge in [-0.15, -0.1) is 11.3 Å². The number of hydrogen-bond donors (Lipinski definition) is 2. The Labute approximate surface area is 149 Å². The van der Waals surface area contributed by atoms with Crippen LogP contribution in [0.5, 0.6) is 0 Å². The van der Waals surface area contributed by atoms with E-state index in [1.54, 1.807) is 18.2 Å². The number of anilines is 2. The molecule has 6 nitrogen and oxygen atoms in total. The number of aryl methyl sites for hydroxylation is 2. The molecule has 0 fully saturated rings. The normalized spacial score (nSPS) is 10.5. The van der Waals surface area contributed by atoms with Crippen LogP contribution in [0.3, 0.4) is 0 Å². The molecule has 0 saturated carbocycles. The Balaban J connectivity index is 2.10. The molecule has 2 amide bonds. The lowest BCUT2D eigenvalue weighted by atomic mass is 10.2. The molecule has 0 aliphatic rings. The number of methoxy groups -OCH3 is 1. The number of ether oxygens (including phenoxy) is 1. The smallest absolute Gasteiger partial charge is 0.267 e. The van der Waals surface area contributed by atoms with Crippen LogP contribution in [0, 0.1) is 6.92 Å². The number of benzene rings is 1. The molecule has 1 aromatic carbocycles. The number of thiazole rings is 1. The second-order valence-electron chi connectivity index (χ2n) is 5.01. The van der Waals surface area contributed by atoms with Crippen LogP contribution in [0.2, 0.25) is 5.02 Å². The molecule has 2 aromatic rings. The summed E-state index contributed by atoms with van der Waals surface area (Å²) in [7, 11) is 1.44. The first-order chi connectivity index (χ1) is 11.4. The van der Waals surface area contributed by atoms with Crippen LogP contribution in [-0.2, 0) is 16.0 Å². The van der Waals surface area contributed by atoms with Gasteiger partial charge in [-0.2, -0.15) is 0 Å². The summed E-state index contributed by atoms with van der Waals surface area (Å²) < 4.78 is 4.75. The van der Waals surface area contributed by atoms with Gasteiger partial charge in [0.25, 0.3) is 5.91 Å². The molecular weight excluding hydrogens is 350 g/mol. The van der Waals surface area contributed by atoms with Crippen molar-refractivity contribution in [3.63, 3.8) is 0 Å². The number of carbonyl (C=O) groups excluding carboxylic acids is 2. The van der Waals surface area contributed by atoms with E-state index in [2.05, 4.69) is 15.6 Å². The first-order valence-corrected chi connectivity index (χ1v) is 8.50. The average molecular weight is 368 g/mol. The zero-order chi connectivity index (χ0) is 17.7. The van der Waals surface area contributed by atoms with E-state index in [0.29, 0.717) is 27.0 Å². The minimum atomic E-state index is -0.302. The Hall–Kier alpha value is -1.96. The van der Waals surface area contributed by atoms with E-state index in [1.165, 1.54) is 18.4 Å². The Morgan fingerprint density at radius 3 is 2.67 bits per heavy atom. The molecule has 1 heterocycles. The molecule has 8 heteroatoms. The van der Waals surface area contributed by atoms with E-state index in [9.17, 15) is 9.59 Å². The zero-order valence-electron chi connectivity index (χ0n) is 13.6. The summed E-state index contributed by atoms with van der Waals surface area (Å²) >= 11 is 7.53. The highest BCUT2D eigenvalue weighted by atomic mass is 35.5. The van der Waals surface area contributed by atoms with E-state index in [4.69, 9.17) is 16.3 Å². The Bertz CT molecular complexity index is 761. The van der Waals surface area contributed by atoms with Gasteiger partial charge >= 0.3 is 0 Å². The van der Waals surface area contributed by atoms with Crippen molar-refractivity contribution in [2.45, 2.75) is 20.3 Å². The van der Waals surface area contributed by atoms with Crippen LogP contribution < -0.4 is 10.6 Å². The molecule has 128 valence electrons. The highest BCUT2D eigenvalue weighted by molar-refractivity contribution is 7.13. The molecule has 24 heavy (non-hydrogen) atoms. The van der Waals surface area contributed by atoms with Gasteiger partial charge in [0, 0.05) is 12.8 Å². The largest absolute Gasteiger partial charge is 0.375 e. The molecular formula is C16H18ClN3O3S. The van der Waals surface area contributed by atoms with Crippen molar-refractivity contribution in [3.8, 4) is 0 Å². The first-order valence-electron chi connectivity index (χ1n) is 7.30. The fraction of sp³-hybridized carbons (Fsp3) is 0.312. The molecule has 2 rings (SSSR count). The predicted molar refractivity (Wildman–Crippen MR) is 96.1 cm³/mol. The van der Waals surface area contributed by atoms with Gasteiger partial charge in [-0.3, -0.25) is 9.59 Å². The topological polar surface area (TPSA) is 80.3 Å². The molecule has 0 saturated heterocycles. The van der Waals surface area contributed by atoms with E-state index in [-0.39, 0.29) is 18.4 Å². The van der Waals surface area contributed by atoms with Gasteiger partial charge < -0.3 is 15.4 Å². The second-order valence-corrected chi connectivity index (χ2v) is 6.50. The lowest BCUT2D eigenvalue weighted by Crippen LogP contribution is -2.17. The van der Waals surface area contributed by atoms with E-state index >= 15 is 0 Å². The minimum absolute atomic E-state index is 0.0563. The molecule has 0 unspecified atom stereocenters. The van der Waals surface area contributed by atoms with E-state index in [0.717, 1.165) is 11.4 Å². The van der Waals surface area contributed by atoms with Crippen molar-refractivity contribution in [2.24, 2.45) is 0 Å². The highest BCUT2D eigenvalue weighted by Crippen LogP contribution is 2.27. The number of hydrogen-bond acceptors (Lipinski definition) is 5. The average Bonchev–Trinajstić information content (AvgIpc) is 2.91. The van der Waals surface area contributed by atoms with Crippen LogP contribution >= 0.6 is 22.9 Å². The monoisotopic (exact) mass is 367 g/mol. The summed E-state index contributed by atoms with van der Waals surface area (Å²) in [5.41, 5.74) is 1.71. The van der Waals surface area contributed by atoms with Crippen molar-refractivity contribution >= 4 is 46.1 Å². The summed E-state index contributed by atoms with van der Waals surface area (Å²) in [6.07, 6.45) is 0.792. The fourth-order valence-electron chi connectivity index (χ4n) is 2.01. The van der Waals surface area contributed by atoms with Crippen molar-refractivity contribution in [3.05, 3.63) is 38.8 Å². The Morgan fingerprint density at radius 2 is 2.08 bits per heavy atom. The third-order valence-electron chi connectivity index (χ3n) is 3.13. The molecule has 0 aliphatic heterocycles. The number of rotatable bonds is 6. The Kier molecular flexibility index (Phi) is 6.30. The maximum Gasteiger partial charge on any atom is 0.267 e. The molecule has 0 aliphatic carbocycles. The third kappa shape index (κ3) is 4.53. The predicted octanol–water partition coefficient (Wildman–Crippen LogP) is 3.50. The SMILES string of the molecule is CCc1nc(C)c(C(=O)Nc2ccc(NC(=O)COC)c(Cl)c2)s1. The maximum atomic E-state index is 12.4. The summed E-state index contributed by atoms with van der Waals surface area (Å²) in [4.78, 5) is 28.8. The summed E-state index contributed by atoms with van der Waals surface area (Å²) in [6, 6.07) is 4.88. The standard InChI is InChI=1S/C16H18ClN3O3S/c1-4-14-18-9(2)15(24-14)16(22)19-10-5-6-12(11(17)7-10)20-13(21)8-23-3/h5-7H,4,8H2,1-3H3,(H,19,22)(H,20,21). The quantitative estimate of drug-likeness (QED) is 0.818. The summed E-state index contributed by atoms with van der Waals surface area (Å²) in [5.74, 6) is -0.527. The first kappa shape index (κ1) is 18.4. The Morgan fingerprint density at radius 1 is 1.33 bits per heavy atom. The molecule has 0 bridgehead atoms. The number of nitrogens with one attached hydrogen (secondary N) is 2. The van der Waals surface area contributed by atoms with Crippen LogP contribution in [-0.4, -0.2) is 30.5 Å². The number of aromatic nitrogens is 1. The van der Waals surface area contributed by atoms with Crippen molar-refractivity contribution < 1.29 is 14.3 Å². The number of carbonyl (C=O) groups is 2. The van der Waals surface area contributed by atoms with Crippen LogP contribution in [0.4, 0.5) is 11.4 Å². The lowest BCUT2D eigenvalue weighted by molar-refractivity contribution is -0.119. The van der Waals surface area contributed by atoms with Gasteiger partial charge in [0.2, 0.25) is 5.91 Å². The number of halogens is 1. The zero-order valence-corrected chi connectivity index (χ0v) is 15.2. The van der Waals surface area contributed by atoms with Gasteiger partial charge in [-0.1, -0.05) is 18.5 Å². The van der Waals surface area contributed by atoms with E-state index in [1.807, 2.05) is 13.8 Å². The van der Waals surface area contributed by atoms with Crippen LogP contribution in [0.15, 0.2) is 18.2 Å². The maximum absolute atomic E-state index is 12.4. The highest BCUT2D eigenvalue weighted by Gasteiger charge is 2.15. The second kappa shape index (κ2) is 8.23. The number of nitrogens with zero attached hydrogens (tertiary/aromatic N) is 1. The van der Waals surface area contributed by atoms with Gasteiger partial charge in [0.05, 0.1) is 21.4 Å². The third-order valence-corrected chi connectivity index (χ3v) is 4.74. The molecule has 0 atom stereocenters. The number of amides is 2. The summed E-state index contributed by atoms with van der Waals surface area (Å²) in [6.45, 7) is 3.75. The molecule has 0 spiro atoms. The van der Waals surface area contributed by atoms with Crippen molar-refractivity contribution in [2.75, 3.05) is 24.4 Å². The van der Waals surface area contributed by atoms with Crippen molar-refractivity contribution in [1.29, 1.82) is 0 Å². The van der Waals surface area contributed by atoms with Gasteiger partial charge in [0.1, 0.15) is 11.5 Å². The van der Waals surface area contributed by atoms with Crippen LogP contribution in [0.1, 0.15) is 27.3 Å². The van der Waals surface area contributed by atoms with E-state index < -0.39 is 0 Å². The lowest BCUT2D eigenvalue weighted by Gasteiger charge is -2.09. The molecule has 1 aromatic heterocycles. The van der Waals surface area contributed by atoms with Gasteiger partial charge in [-0.05, 0) is 31.5 Å².